The molecule has 1 aliphatic rings. The molecule has 1 fully saturated rings. The van der Waals surface area contributed by atoms with Gasteiger partial charge in [0.2, 0.25) is 5.91 Å². The Morgan fingerprint density at radius 1 is 1.12 bits per heavy atom. The number of rotatable bonds is 4. The summed E-state index contributed by atoms with van der Waals surface area (Å²) >= 11 is 0. The van der Waals surface area contributed by atoms with E-state index in [1.165, 1.54) is 11.6 Å². The summed E-state index contributed by atoms with van der Waals surface area (Å²) in [5.74, 6) is -0.196. The lowest BCUT2D eigenvalue weighted by molar-refractivity contribution is -0.132. The van der Waals surface area contributed by atoms with Gasteiger partial charge in [-0.2, -0.15) is 0 Å². The Kier molecular flexibility index (Phi) is 8.25. The highest BCUT2D eigenvalue weighted by Gasteiger charge is 2.19. The van der Waals surface area contributed by atoms with E-state index in [2.05, 4.69) is 24.4 Å². The van der Waals surface area contributed by atoms with Crippen LogP contribution in [-0.4, -0.2) is 43.0 Å². The van der Waals surface area contributed by atoms with E-state index in [0.29, 0.717) is 12.0 Å². The number of nitrogens with zero attached hydrogens (tertiary/aromatic N) is 1. The number of benzene rings is 2. The number of hydrogen-bond acceptors (Lipinski definition) is 3. The molecule has 1 atom stereocenters. The van der Waals surface area contributed by atoms with Crippen molar-refractivity contribution in [3.8, 4) is 0 Å². The number of carbonyl (C=O) groups excluding carboxylic acids is 1. The van der Waals surface area contributed by atoms with Crippen LogP contribution in [0, 0.1) is 12.7 Å². The number of nitrogens with one attached hydrogen (secondary N) is 1. The second-order valence-corrected chi connectivity index (χ2v) is 6.55. The van der Waals surface area contributed by atoms with E-state index in [0.717, 1.165) is 26.2 Å². The minimum Gasteiger partial charge on any atom is -0.340 e. The van der Waals surface area contributed by atoms with Gasteiger partial charge in [-0.1, -0.05) is 54.1 Å². The average Bonchev–Trinajstić information content (AvgIpc) is 2.65. The maximum atomic E-state index is 13.5. The average molecular weight is 357 g/mol. The zero-order valence-electron chi connectivity index (χ0n) is 15.3. The van der Waals surface area contributed by atoms with Gasteiger partial charge in [0.05, 0.1) is 0 Å². The Labute approximate surface area is 155 Å². The zero-order chi connectivity index (χ0) is 18.8. The van der Waals surface area contributed by atoms with Crippen molar-refractivity contribution >= 4 is 5.91 Å². The van der Waals surface area contributed by atoms with Crippen LogP contribution in [0.2, 0.25) is 0 Å². The summed E-state index contributed by atoms with van der Waals surface area (Å²) in [6.07, 6.45) is 0.666. The van der Waals surface area contributed by atoms with Crippen molar-refractivity contribution in [3.05, 3.63) is 71.5 Å². The van der Waals surface area contributed by atoms with E-state index in [1.54, 1.807) is 18.2 Å². The quantitative estimate of drug-likeness (QED) is 0.884. The number of carbonyl (C=O) groups is 1. The molecule has 2 aromatic carbocycles. The Hall–Kier alpha value is -2.24. The van der Waals surface area contributed by atoms with Crippen molar-refractivity contribution < 1.29 is 9.18 Å². The maximum absolute atomic E-state index is 13.5. The Morgan fingerprint density at radius 3 is 2.31 bits per heavy atom. The van der Waals surface area contributed by atoms with Gasteiger partial charge < -0.3 is 16.0 Å². The molecular weight excluding hydrogens is 329 g/mol. The van der Waals surface area contributed by atoms with Crippen molar-refractivity contribution in [1.29, 1.82) is 0 Å². The highest BCUT2D eigenvalue weighted by Crippen LogP contribution is 2.10. The molecule has 1 unspecified atom stereocenters. The predicted octanol–water partition coefficient (Wildman–Crippen LogP) is 2.51. The fourth-order valence-corrected chi connectivity index (χ4v) is 2.82. The van der Waals surface area contributed by atoms with E-state index in [4.69, 9.17) is 5.73 Å². The molecule has 5 heteroatoms. The second-order valence-electron chi connectivity index (χ2n) is 6.55. The van der Waals surface area contributed by atoms with Crippen molar-refractivity contribution in [3.63, 3.8) is 0 Å². The molecule has 0 aliphatic carbocycles. The van der Waals surface area contributed by atoms with Crippen LogP contribution in [0.1, 0.15) is 17.5 Å². The molecule has 1 amide bonds. The van der Waals surface area contributed by atoms with Crippen LogP contribution < -0.4 is 11.1 Å². The highest BCUT2D eigenvalue weighted by atomic mass is 19.1. The molecule has 0 aromatic heterocycles. The van der Waals surface area contributed by atoms with Crippen molar-refractivity contribution in [2.45, 2.75) is 25.8 Å². The van der Waals surface area contributed by atoms with Gasteiger partial charge in [0.25, 0.3) is 0 Å². The second kappa shape index (κ2) is 10.7. The van der Waals surface area contributed by atoms with Gasteiger partial charge in [-0.05, 0) is 25.0 Å². The van der Waals surface area contributed by atoms with E-state index < -0.39 is 0 Å². The zero-order valence-corrected chi connectivity index (χ0v) is 15.3. The summed E-state index contributed by atoms with van der Waals surface area (Å²) in [5, 5.41) is 3.20. The topological polar surface area (TPSA) is 58.4 Å². The molecule has 140 valence electrons. The summed E-state index contributed by atoms with van der Waals surface area (Å²) in [5.41, 5.74) is 7.85. The number of amides is 1. The summed E-state index contributed by atoms with van der Waals surface area (Å²) in [6.45, 7) is 5.19. The molecule has 1 heterocycles. The first-order valence-corrected chi connectivity index (χ1v) is 9.05. The molecule has 1 aliphatic heterocycles. The monoisotopic (exact) mass is 357 g/mol. The fraction of sp³-hybridized carbons (Fsp3) is 0.381. The van der Waals surface area contributed by atoms with Crippen LogP contribution in [0.4, 0.5) is 4.39 Å². The lowest BCUT2D eigenvalue weighted by Gasteiger charge is -2.28. The lowest BCUT2D eigenvalue weighted by Crippen LogP contribution is -2.47. The van der Waals surface area contributed by atoms with Crippen LogP contribution >= 0.6 is 0 Å². The van der Waals surface area contributed by atoms with E-state index in [-0.39, 0.29) is 24.2 Å². The van der Waals surface area contributed by atoms with Crippen LogP contribution in [-0.2, 0) is 11.2 Å². The third-order valence-electron chi connectivity index (χ3n) is 4.29. The van der Waals surface area contributed by atoms with E-state index in [9.17, 15) is 9.18 Å². The molecule has 2 aromatic rings. The van der Waals surface area contributed by atoms with E-state index in [1.807, 2.05) is 23.1 Å². The van der Waals surface area contributed by atoms with Crippen LogP contribution in [0.25, 0.3) is 0 Å². The van der Waals surface area contributed by atoms with Gasteiger partial charge in [0.15, 0.2) is 0 Å². The standard InChI is InChI=1S/C14H20FN3O.C7H8/c15-13-4-2-1-3-11(13)9-12(16)10-14(19)18-7-5-17-6-8-18;1-7-5-3-2-4-6-7/h1-4,12,17H,5-10,16H2;2-6H,1H3. The summed E-state index contributed by atoms with van der Waals surface area (Å²) in [7, 11) is 0. The highest BCUT2D eigenvalue weighted by molar-refractivity contribution is 5.77. The third-order valence-corrected chi connectivity index (χ3v) is 4.29. The molecule has 26 heavy (non-hydrogen) atoms. The van der Waals surface area contributed by atoms with Crippen molar-refractivity contribution in [2.75, 3.05) is 26.2 Å². The predicted molar refractivity (Wildman–Crippen MR) is 103 cm³/mol. The Balaban J connectivity index is 0.000000290. The van der Waals surface area contributed by atoms with Crippen LogP contribution in [0.5, 0.6) is 0 Å². The molecule has 1 saturated heterocycles. The Bertz CT molecular complexity index is 672. The number of piperazine rings is 1. The fourth-order valence-electron chi connectivity index (χ4n) is 2.82. The molecule has 0 spiro atoms. The molecule has 4 nitrogen and oxygen atoms in total. The van der Waals surface area contributed by atoms with Gasteiger partial charge in [-0.3, -0.25) is 4.79 Å². The number of aryl methyl sites for hydroxylation is 1. The number of hydrogen-bond donors (Lipinski definition) is 2. The summed E-state index contributed by atoms with van der Waals surface area (Å²) < 4.78 is 13.5. The lowest BCUT2D eigenvalue weighted by atomic mass is 10.0. The normalized spacial score (nSPS) is 15.0. The van der Waals surface area contributed by atoms with E-state index >= 15 is 0 Å². The summed E-state index contributed by atoms with van der Waals surface area (Å²) in [6, 6.07) is 16.5. The molecule has 0 saturated carbocycles. The number of nitrogens with two attached hydrogens (primary N) is 1. The smallest absolute Gasteiger partial charge is 0.224 e. The third kappa shape index (κ3) is 6.94. The molecule has 3 rings (SSSR count). The maximum Gasteiger partial charge on any atom is 0.224 e. The number of halogens is 1. The molecular formula is C21H28FN3O. The molecule has 3 N–H and O–H groups in total. The first kappa shape index (κ1) is 20.1. The Morgan fingerprint density at radius 2 is 1.73 bits per heavy atom. The largest absolute Gasteiger partial charge is 0.340 e. The minimum atomic E-state index is -0.334. The van der Waals surface area contributed by atoms with Gasteiger partial charge in [0, 0.05) is 38.6 Å². The van der Waals surface area contributed by atoms with Crippen molar-refractivity contribution in [2.24, 2.45) is 5.73 Å². The van der Waals surface area contributed by atoms with Crippen LogP contribution in [0.3, 0.4) is 0 Å². The minimum absolute atomic E-state index is 0.0605. The first-order chi connectivity index (χ1) is 12.6. The first-order valence-electron chi connectivity index (χ1n) is 9.05. The SMILES string of the molecule is Cc1ccccc1.NC(CC(=O)N1CCNCC1)Cc1ccccc1F. The van der Waals surface area contributed by atoms with Crippen molar-refractivity contribution in [1.82, 2.24) is 10.2 Å². The summed E-state index contributed by atoms with van der Waals surface area (Å²) in [4.78, 5) is 13.8. The van der Waals surface area contributed by atoms with Gasteiger partial charge in [-0.25, -0.2) is 4.39 Å². The molecule has 0 radical (unpaired) electrons. The van der Waals surface area contributed by atoms with Crippen LogP contribution in [0.15, 0.2) is 54.6 Å². The molecule has 0 bridgehead atoms. The van der Waals surface area contributed by atoms with Gasteiger partial charge in [-0.15, -0.1) is 0 Å². The van der Waals surface area contributed by atoms with Gasteiger partial charge >= 0.3 is 0 Å². The van der Waals surface area contributed by atoms with Gasteiger partial charge in [0.1, 0.15) is 5.82 Å².